The average molecular weight is 297 g/mol. The Labute approximate surface area is 118 Å². The van der Waals surface area contributed by atoms with Gasteiger partial charge in [-0.1, -0.05) is 17.7 Å². The first-order valence-electron chi connectivity index (χ1n) is 5.58. The second kappa shape index (κ2) is 5.34. The van der Waals surface area contributed by atoms with E-state index in [0.29, 0.717) is 5.69 Å². The highest BCUT2D eigenvalue weighted by Crippen LogP contribution is 2.21. The van der Waals surface area contributed by atoms with Gasteiger partial charge in [0.25, 0.3) is 5.91 Å². The van der Waals surface area contributed by atoms with Gasteiger partial charge in [0.2, 0.25) is 0 Å². The summed E-state index contributed by atoms with van der Waals surface area (Å²) in [5.41, 5.74) is 0.203. The number of aromatic nitrogens is 1. The summed E-state index contributed by atoms with van der Waals surface area (Å²) in [6, 6.07) is 5.46. The molecule has 5 nitrogen and oxygen atoms in total. The number of aromatic carboxylic acids is 1. The Morgan fingerprint density at radius 3 is 2.75 bits per heavy atom. The van der Waals surface area contributed by atoms with Gasteiger partial charge in [-0.2, -0.15) is 0 Å². The Hall–Kier alpha value is -2.34. The topological polar surface area (TPSA) is 82.2 Å². The highest BCUT2D eigenvalue weighted by Gasteiger charge is 2.19. The molecule has 0 spiro atoms. The molecule has 20 heavy (non-hydrogen) atoms. The number of carboxylic acid groups (broad SMARTS) is 1. The van der Waals surface area contributed by atoms with Crippen LogP contribution in [0, 0.1) is 12.7 Å². The lowest BCUT2D eigenvalue weighted by atomic mass is 10.2. The molecule has 0 radical (unpaired) electrons. The van der Waals surface area contributed by atoms with Crippen LogP contribution >= 0.6 is 11.6 Å². The van der Waals surface area contributed by atoms with Gasteiger partial charge in [-0.05, 0) is 25.1 Å². The molecule has 2 aromatic rings. The van der Waals surface area contributed by atoms with Crippen molar-refractivity contribution in [3.8, 4) is 0 Å². The lowest BCUT2D eigenvalue weighted by molar-refractivity contribution is 0.0692. The van der Waals surface area contributed by atoms with Crippen molar-refractivity contribution in [1.29, 1.82) is 0 Å². The Balaban J connectivity index is 2.33. The molecule has 3 N–H and O–H groups in total. The van der Waals surface area contributed by atoms with Crippen molar-refractivity contribution >= 4 is 29.2 Å². The zero-order chi connectivity index (χ0) is 14.9. The van der Waals surface area contributed by atoms with Gasteiger partial charge in [0.05, 0.1) is 16.3 Å². The molecule has 1 amide bonds. The number of nitrogens with one attached hydrogen (secondary N) is 2. The molecule has 0 saturated heterocycles. The number of aromatic amines is 1. The predicted octanol–water partition coefficient (Wildman–Crippen LogP) is 3.07. The minimum atomic E-state index is -1.22. The number of aryl methyl sites for hydroxylation is 1. The van der Waals surface area contributed by atoms with Crippen molar-refractivity contribution in [3.63, 3.8) is 0 Å². The molecule has 1 heterocycles. The van der Waals surface area contributed by atoms with Crippen molar-refractivity contribution in [2.24, 2.45) is 0 Å². The first-order valence-corrected chi connectivity index (χ1v) is 5.96. The van der Waals surface area contributed by atoms with Gasteiger partial charge in [-0.15, -0.1) is 0 Å². The van der Waals surface area contributed by atoms with Crippen molar-refractivity contribution in [2.45, 2.75) is 6.92 Å². The minimum absolute atomic E-state index is 0.0689. The Bertz CT molecular complexity index is 697. The van der Waals surface area contributed by atoms with Crippen molar-refractivity contribution in [2.75, 3.05) is 5.32 Å². The van der Waals surface area contributed by atoms with E-state index in [1.165, 1.54) is 24.3 Å². The van der Waals surface area contributed by atoms with Gasteiger partial charge in [0, 0.05) is 5.69 Å². The monoisotopic (exact) mass is 296 g/mol. The van der Waals surface area contributed by atoms with E-state index in [9.17, 15) is 14.0 Å². The largest absolute Gasteiger partial charge is 0.477 e. The molecular formula is C13H10ClFN2O3. The van der Waals surface area contributed by atoms with Crippen LogP contribution in [-0.2, 0) is 0 Å². The number of carboxylic acids is 1. The number of hydrogen-bond acceptors (Lipinski definition) is 2. The van der Waals surface area contributed by atoms with Crippen LogP contribution in [0.1, 0.15) is 26.5 Å². The summed E-state index contributed by atoms with van der Waals surface area (Å²) in [6.07, 6.45) is 0. The van der Waals surface area contributed by atoms with Gasteiger partial charge in [0.1, 0.15) is 5.69 Å². The summed E-state index contributed by atoms with van der Waals surface area (Å²) < 4.78 is 13.7. The summed E-state index contributed by atoms with van der Waals surface area (Å²) in [4.78, 5) is 25.5. The molecule has 2 rings (SSSR count). The molecule has 0 aliphatic carbocycles. The fourth-order valence-electron chi connectivity index (χ4n) is 1.73. The van der Waals surface area contributed by atoms with Crippen LogP contribution in [0.2, 0.25) is 5.02 Å². The molecule has 0 unspecified atom stereocenters. The summed E-state index contributed by atoms with van der Waals surface area (Å²) in [6.45, 7) is 1.64. The van der Waals surface area contributed by atoms with Crippen LogP contribution < -0.4 is 5.32 Å². The maximum atomic E-state index is 13.7. The standard InChI is InChI=1S/C13H10ClFN2O3/c1-6-5-9(11(16-6)13(19)20)17-12(18)7-3-2-4-8(14)10(7)15/h2-5,16H,1H3,(H,17,18)(H,19,20). The molecule has 7 heteroatoms. The number of rotatable bonds is 3. The highest BCUT2D eigenvalue weighted by atomic mass is 35.5. The number of carbonyl (C=O) groups excluding carboxylic acids is 1. The fourth-order valence-corrected chi connectivity index (χ4v) is 1.90. The van der Waals surface area contributed by atoms with Crippen molar-refractivity contribution in [1.82, 2.24) is 4.98 Å². The molecular weight excluding hydrogens is 287 g/mol. The number of amides is 1. The summed E-state index contributed by atoms with van der Waals surface area (Å²) in [5, 5.41) is 11.2. The molecule has 104 valence electrons. The summed E-state index contributed by atoms with van der Waals surface area (Å²) >= 11 is 5.59. The quantitative estimate of drug-likeness (QED) is 0.814. The number of H-pyrrole nitrogens is 1. The number of halogens is 2. The number of carbonyl (C=O) groups is 2. The van der Waals surface area contributed by atoms with E-state index in [2.05, 4.69) is 10.3 Å². The van der Waals surface area contributed by atoms with Crippen LogP contribution in [-0.4, -0.2) is 22.0 Å². The second-order valence-electron chi connectivity index (χ2n) is 4.10. The van der Waals surface area contributed by atoms with E-state index in [4.69, 9.17) is 16.7 Å². The maximum absolute atomic E-state index is 13.7. The smallest absolute Gasteiger partial charge is 0.354 e. The van der Waals surface area contributed by atoms with Gasteiger partial charge < -0.3 is 15.4 Å². The number of anilines is 1. The van der Waals surface area contributed by atoms with Crippen LogP contribution in [0.4, 0.5) is 10.1 Å². The van der Waals surface area contributed by atoms with Crippen LogP contribution in [0.25, 0.3) is 0 Å². The Kier molecular flexibility index (Phi) is 3.76. The molecule has 0 aliphatic heterocycles. The molecule has 1 aromatic heterocycles. The third-order valence-corrected chi connectivity index (χ3v) is 2.90. The highest BCUT2D eigenvalue weighted by molar-refractivity contribution is 6.31. The van der Waals surface area contributed by atoms with Gasteiger partial charge in [0.15, 0.2) is 5.82 Å². The number of benzene rings is 1. The van der Waals surface area contributed by atoms with Crippen LogP contribution in [0.5, 0.6) is 0 Å². The third kappa shape index (κ3) is 2.65. The zero-order valence-corrected chi connectivity index (χ0v) is 11.1. The summed E-state index contributed by atoms with van der Waals surface area (Å²) in [7, 11) is 0. The molecule has 0 fully saturated rings. The Morgan fingerprint density at radius 1 is 1.40 bits per heavy atom. The molecule has 0 bridgehead atoms. The van der Waals surface area contributed by atoms with E-state index in [0.717, 1.165) is 0 Å². The van der Waals surface area contributed by atoms with Crippen molar-refractivity contribution in [3.05, 3.63) is 52.1 Å². The second-order valence-corrected chi connectivity index (χ2v) is 4.51. The van der Waals surface area contributed by atoms with E-state index < -0.39 is 17.7 Å². The third-order valence-electron chi connectivity index (χ3n) is 2.61. The predicted molar refractivity (Wildman–Crippen MR) is 71.9 cm³/mol. The van der Waals surface area contributed by atoms with Gasteiger partial charge in [-0.25, -0.2) is 9.18 Å². The fraction of sp³-hybridized carbons (Fsp3) is 0.0769. The maximum Gasteiger partial charge on any atom is 0.354 e. The first-order chi connectivity index (χ1) is 9.40. The number of hydrogen-bond donors (Lipinski definition) is 3. The molecule has 0 aliphatic rings. The zero-order valence-electron chi connectivity index (χ0n) is 10.3. The Morgan fingerprint density at radius 2 is 2.10 bits per heavy atom. The minimum Gasteiger partial charge on any atom is -0.477 e. The average Bonchev–Trinajstić information content (AvgIpc) is 2.73. The van der Waals surface area contributed by atoms with Gasteiger partial charge >= 0.3 is 5.97 Å². The lowest BCUT2D eigenvalue weighted by Gasteiger charge is -2.06. The molecule has 0 saturated carbocycles. The normalized spacial score (nSPS) is 10.3. The first kappa shape index (κ1) is 14.1. The van der Waals surface area contributed by atoms with E-state index >= 15 is 0 Å². The lowest BCUT2D eigenvalue weighted by Crippen LogP contribution is -2.15. The van der Waals surface area contributed by atoms with Crippen LogP contribution in [0.3, 0.4) is 0 Å². The molecule has 1 aromatic carbocycles. The summed E-state index contributed by atoms with van der Waals surface area (Å²) in [5.74, 6) is -2.85. The van der Waals surface area contributed by atoms with Gasteiger partial charge in [-0.3, -0.25) is 4.79 Å². The van der Waals surface area contributed by atoms with Crippen LogP contribution in [0.15, 0.2) is 24.3 Å². The SMILES string of the molecule is Cc1cc(NC(=O)c2cccc(Cl)c2F)c(C(=O)O)[nH]1. The van der Waals surface area contributed by atoms with E-state index in [1.807, 2.05) is 0 Å². The van der Waals surface area contributed by atoms with Crippen molar-refractivity contribution < 1.29 is 19.1 Å². The van der Waals surface area contributed by atoms with E-state index in [1.54, 1.807) is 6.92 Å². The molecule has 0 atom stereocenters. The van der Waals surface area contributed by atoms with E-state index in [-0.39, 0.29) is 22.0 Å².